The van der Waals surface area contributed by atoms with Crippen molar-refractivity contribution in [3.8, 4) is 0 Å². The normalized spacial score (nSPS) is 32.0. The van der Waals surface area contributed by atoms with E-state index in [4.69, 9.17) is 0 Å². The van der Waals surface area contributed by atoms with Crippen molar-refractivity contribution in [2.75, 3.05) is 0 Å². The summed E-state index contributed by atoms with van der Waals surface area (Å²) >= 11 is 0. The molecule has 0 bridgehead atoms. The van der Waals surface area contributed by atoms with Crippen LogP contribution >= 0.6 is 0 Å². The van der Waals surface area contributed by atoms with Crippen LogP contribution in [0.25, 0.3) is 0 Å². The highest BCUT2D eigenvalue weighted by molar-refractivity contribution is 5.88. The molecule has 21 heavy (non-hydrogen) atoms. The Morgan fingerprint density at radius 2 is 1.48 bits per heavy atom. The monoisotopic (exact) mass is 295 g/mol. The Balaban J connectivity index is 1.98. The largest absolute Gasteiger partial charge is 0.480 e. The topological polar surface area (TPSA) is 66.4 Å². The van der Waals surface area contributed by atoms with E-state index < -0.39 is 11.5 Å². The fourth-order valence-electron chi connectivity index (χ4n) is 3.70. The number of hydrogen-bond acceptors (Lipinski definition) is 2. The molecule has 2 N–H and O–H groups in total. The first kappa shape index (κ1) is 16.3. The Morgan fingerprint density at radius 3 is 2.00 bits per heavy atom. The Bertz CT molecular complexity index is 364. The Kier molecular flexibility index (Phi) is 5.65. The van der Waals surface area contributed by atoms with E-state index in [0.717, 1.165) is 38.5 Å². The second-order valence-corrected chi connectivity index (χ2v) is 7.10. The van der Waals surface area contributed by atoms with Gasteiger partial charge in [0.25, 0.3) is 0 Å². The smallest absolute Gasteiger partial charge is 0.329 e. The fourth-order valence-corrected chi connectivity index (χ4v) is 3.70. The van der Waals surface area contributed by atoms with Gasteiger partial charge in [0.15, 0.2) is 0 Å². The molecule has 0 radical (unpaired) electrons. The van der Waals surface area contributed by atoms with Gasteiger partial charge >= 0.3 is 5.97 Å². The van der Waals surface area contributed by atoms with Gasteiger partial charge in [-0.3, -0.25) is 4.79 Å². The van der Waals surface area contributed by atoms with E-state index in [1.54, 1.807) is 0 Å². The van der Waals surface area contributed by atoms with Crippen molar-refractivity contribution in [3.63, 3.8) is 0 Å². The summed E-state index contributed by atoms with van der Waals surface area (Å²) in [4.78, 5) is 24.3. The second kappa shape index (κ2) is 7.28. The van der Waals surface area contributed by atoms with Crippen LogP contribution in [0, 0.1) is 11.8 Å². The van der Waals surface area contributed by atoms with E-state index in [1.165, 1.54) is 19.3 Å². The molecule has 0 atom stereocenters. The number of amides is 1. The first-order valence-electron chi connectivity index (χ1n) is 8.59. The first-order valence-corrected chi connectivity index (χ1v) is 8.59. The van der Waals surface area contributed by atoms with Crippen molar-refractivity contribution in [3.05, 3.63) is 0 Å². The number of rotatable bonds is 3. The van der Waals surface area contributed by atoms with E-state index in [1.807, 2.05) is 0 Å². The zero-order valence-corrected chi connectivity index (χ0v) is 13.2. The van der Waals surface area contributed by atoms with E-state index in [2.05, 4.69) is 12.2 Å². The summed E-state index contributed by atoms with van der Waals surface area (Å²) in [6.45, 7) is 2.16. The summed E-state index contributed by atoms with van der Waals surface area (Å²) in [7, 11) is 0. The third-order valence-corrected chi connectivity index (χ3v) is 5.38. The third kappa shape index (κ3) is 4.21. The Labute approximate surface area is 127 Å². The summed E-state index contributed by atoms with van der Waals surface area (Å²) in [6.07, 6.45) is 10.6. The minimum atomic E-state index is -1.01. The minimum absolute atomic E-state index is 0.0147. The molecule has 0 aromatic heterocycles. The second-order valence-electron chi connectivity index (χ2n) is 7.10. The third-order valence-electron chi connectivity index (χ3n) is 5.38. The molecule has 0 saturated heterocycles. The molecule has 2 saturated carbocycles. The maximum absolute atomic E-state index is 12.5. The minimum Gasteiger partial charge on any atom is -0.480 e. The molecule has 0 unspecified atom stereocenters. The molecular weight excluding hydrogens is 266 g/mol. The molecule has 0 aromatic carbocycles. The molecule has 0 aromatic rings. The van der Waals surface area contributed by atoms with Gasteiger partial charge in [-0.15, -0.1) is 0 Å². The highest BCUT2D eigenvalue weighted by atomic mass is 16.4. The van der Waals surface area contributed by atoms with Gasteiger partial charge < -0.3 is 10.4 Å². The first-order chi connectivity index (χ1) is 10.0. The van der Waals surface area contributed by atoms with E-state index in [-0.39, 0.29) is 11.8 Å². The molecule has 1 amide bonds. The number of carboxylic acids is 1. The van der Waals surface area contributed by atoms with Crippen molar-refractivity contribution in [2.24, 2.45) is 11.8 Å². The average Bonchev–Trinajstić information content (AvgIpc) is 2.40. The van der Waals surface area contributed by atoms with Crippen LogP contribution in [0.4, 0.5) is 0 Å². The lowest BCUT2D eigenvalue weighted by Crippen LogP contribution is -2.57. The molecular formula is C17H29NO3. The van der Waals surface area contributed by atoms with Gasteiger partial charge in [0.1, 0.15) is 5.54 Å². The molecule has 2 fully saturated rings. The summed E-state index contributed by atoms with van der Waals surface area (Å²) in [6, 6.07) is 0. The van der Waals surface area contributed by atoms with Gasteiger partial charge in [-0.25, -0.2) is 4.79 Å². The standard InChI is InChI=1S/C17H29NO3/c1-13-9-11-17(12-10-13,16(20)21)18-15(19)14-7-5-3-2-4-6-8-14/h13-14H,2-12H2,1H3,(H,18,19)(H,20,21). The maximum atomic E-state index is 12.5. The fraction of sp³-hybridized carbons (Fsp3) is 0.882. The van der Waals surface area contributed by atoms with Crippen LogP contribution in [-0.4, -0.2) is 22.5 Å². The van der Waals surface area contributed by atoms with Crippen molar-refractivity contribution < 1.29 is 14.7 Å². The van der Waals surface area contributed by atoms with Crippen LogP contribution in [-0.2, 0) is 9.59 Å². The highest BCUT2D eigenvalue weighted by Gasteiger charge is 2.43. The van der Waals surface area contributed by atoms with Crippen LogP contribution in [0.3, 0.4) is 0 Å². The zero-order chi connectivity index (χ0) is 15.3. The number of carboxylic acid groups (broad SMARTS) is 1. The van der Waals surface area contributed by atoms with E-state index in [0.29, 0.717) is 18.8 Å². The zero-order valence-electron chi connectivity index (χ0n) is 13.2. The SMILES string of the molecule is CC1CCC(NC(=O)C2CCCCCCC2)(C(=O)O)CC1. The highest BCUT2D eigenvalue weighted by Crippen LogP contribution is 2.33. The van der Waals surface area contributed by atoms with E-state index >= 15 is 0 Å². The number of hydrogen-bond donors (Lipinski definition) is 2. The summed E-state index contributed by atoms with van der Waals surface area (Å²) in [5.41, 5.74) is -1.01. The van der Waals surface area contributed by atoms with Crippen molar-refractivity contribution in [1.82, 2.24) is 5.32 Å². The van der Waals surface area contributed by atoms with Gasteiger partial charge in [0.05, 0.1) is 0 Å². The molecule has 0 spiro atoms. The van der Waals surface area contributed by atoms with Gasteiger partial charge in [0, 0.05) is 5.92 Å². The van der Waals surface area contributed by atoms with Crippen LogP contribution in [0.5, 0.6) is 0 Å². The molecule has 0 heterocycles. The number of aliphatic carboxylic acids is 1. The Hall–Kier alpha value is -1.06. The summed E-state index contributed by atoms with van der Waals surface area (Å²) < 4.78 is 0. The van der Waals surface area contributed by atoms with Crippen LogP contribution in [0.2, 0.25) is 0 Å². The Morgan fingerprint density at radius 1 is 0.952 bits per heavy atom. The van der Waals surface area contributed by atoms with Crippen molar-refractivity contribution in [1.29, 1.82) is 0 Å². The average molecular weight is 295 g/mol. The molecule has 4 nitrogen and oxygen atoms in total. The number of carbonyl (C=O) groups is 2. The molecule has 2 aliphatic carbocycles. The van der Waals surface area contributed by atoms with Gasteiger partial charge in [-0.05, 0) is 44.4 Å². The number of carbonyl (C=O) groups excluding carboxylic acids is 1. The van der Waals surface area contributed by atoms with Crippen molar-refractivity contribution >= 4 is 11.9 Å². The summed E-state index contributed by atoms with van der Waals surface area (Å²) in [5.74, 6) is -0.293. The molecule has 0 aliphatic heterocycles. The summed E-state index contributed by atoms with van der Waals surface area (Å²) in [5, 5.41) is 12.5. The number of nitrogens with one attached hydrogen (secondary N) is 1. The lowest BCUT2D eigenvalue weighted by atomic mass is 9.76. The van der Waals surface area contributed by atoms with Gasteiger partial charge in [-0.1, -0.05) is 39.0 Å². The lowest BCUT2D eigenvalue weighted by Gasteiger charge is -2.37. The van der Waals surface area contributed by atoms with Crippen LogP contribution < -0.4 is 5.32 Å². The quantitative estimate of drug-likeness (QED) is 0.837. The van der Waals surface area contributed by atoms with Crippen LogP contribution in [0.1, 0.15) is 77.6 Å². The molecule has 2 aliphatic rings. The predicted molar refractivity (Wildman–Crippen MR) is 82.0 cm³/mol. The predicted octanol–water partition coefficient (Wildman–Crippen LogP) is 3.50. The lowest BCUT2D eigenvalue weighted by molar-refractivity contribution is -0.150. The van der Waals surface area contributed by atoms with Gasteiger partial charge in [-0.2, -0.15) is 0 Å². The molecule has 4 heteroatoms. The van der Waals surface area contributed by atoms with Gasteiger partial charge in [0.2, 0.25) is 5.91 Å². The van der Waals surface area contributed by atoms with Crippen LogP contribution in [0.15, 0.2) is 0 Å². The van der Waals surface area contributed by atoms with E-state index in [9.17, 15) is 14.7 Å². The maximum Gasteiger partial charge on any atom is 0.329 e. The molecule has 120 valence electrons. The molecule has 2 rings (SSSR count). The van der Waals surface area contributed by atoms with Crippen molar-refractivity contribution in [2.45, 2.75) is 83.1 Å².